The number of unbranched alkanes of at least 4 members (excludes halogenated alkanes) is 1. The molecule has 1 rings (SSSR count). The Morgan fingerprint density at radius 2 is 1.95 bits per heavy atom. The first kappa shape index (κ1) is 15.4. The fourth-order valence-corrected chi connectivity index (χ4v) is 2.06. The fourth-order valence-electron chi connectivity index (χ4n) is 1.24. The number of rotatable bonds is 6. The fraction of sp³-hybridized carbons (Fsp3) is 0.385. The minimum atomic E-state index is -3.83. The molecule has 0 aromatic heterocycles. The van der Waals surface area contributed by atoms with Crippen LogP contribution >= 0.6 is 0 Å². The maximum atomic E-state index is 11.8. The van der Waals surface area contributed by atoms with E-state index in [-0.39, 0.29) is 11.5 Å². The topological polar surface area (TPSA) is 72.8 Å². The van der Waals surface area contributed by atoms with Gasteiger partial charge in [0.15, 0.2) is 0 Å². The van der Waals surface area contributed by atoms with Crippen LogP contribution in [0.5, 0.6) is 0 Å². The van der Waals surface area contributed by atoms with Gasteiger partial charge in [-0.05, 0) is 25.5 Å². The summed E-state index contributed by atoms with van der Waals surface area (Å²) < 4.78 is 31.6. The summed E-state index contributed by atoms with van der Waals surface area (Å²) in [5.74, 6) is -0.746. The minimum Gasteiger partial charge on any atom is -0.461 e. The Hall–Kier alpha value is -1.69. The van der Waals surface area contributed by atoms with Gasteiger partial charge in [-0.3, -0.25) is 0 Å². The van der Waals surface area contributed by atoms with E-state index in [2.05, 4.69) is 4.40 Å². The lowest BCUT2D eigenvalue weighted by Gasteiger charge is -2.00. The molecule has 0 radical (unpaired) electrons. The number of carbonyl (C=O) groups excluding carboxylic acids is 1. The van der Waals surface area contributed by atoms with Crippen molar-refractivity contribution in [1.29, 1.82) is 0 Å². The van der Waals surface area contributed by atoms with Gasteiger partial charge in [-0.1, -0.05) is 31.0 Å². The van der Waals surface area contributed by atoms with Gasteiger partial charge in [0.05, 0.1) is 11.5 Å². The Balaban J connectivity index is 2.69. The summed E-state index contributed by atoms with van der Waals surface area (Å²) in [6.07, 6.45) is 2.33. The second kappa shape index (κ2) is 7.04. The van der Waals surface area contributed by atoms with E-state index in [1.165, 1.54) is 12.1 Å². The molecular formula is C13H17NO4S. The lowest BCUT2D eigenvalue weighted by atomic mass is 10.2. The molecule has 0 saturated carbocycles. The molecule has 1 aromatic carbocycles. The van der Waals surface area contributed by atoms with Gasteiger partial charge >= 0.3 is 5.97 Å². The second-order valence-electron chi connectivity index (χ2n) is 4.04. The van der Waals surface area contributed by atoms with Gasteiger partial charge in [0.1, 0.15) is 6.21 Å². The van der Waals surface area contributed by atoms with Crippen molar-refractivity contribution in [2.24, 2.45) is 4.40 Å². The van der Waals surface area contributed by atoms with Gasteiger partial charge in [0.2, 0.25) is 0 Å². The molecule has 5 nitrogen and oxygen atoms in total. The van der Waals surface area contributed by atoms with Gasteiger partial charge in [-0.25, -0.2) is 4.79 Å². The number of carbonyl (C=O) groups is 1. The zero-order valence-corrected chi connectivity index (χ0v) is 11.8. The van der Waals surface area contributed by atoms with Gasteiger partial charge in [-0.2, -0.15) is 12.8 Å². The highest BCUT2D eigenvalue weighted by Crippen LogP contribution is 2.12. The molecule has 0 aliphatic rings. The molecule has 1 aromatic rings. The molecule has 0 N–H and O–H groups in total. The predicted octanol–water partition coefficient (Wildman–Crippen LogP) is 2.10. The van der Waals surface area contributed by atoms with Gasteiger partial charge in [0, 0.05) is 0 Å². The summed E-state index contributed by atoms with van der Waals surface area (Å²) in [5.41, 5.74) is 0.946. The van der Waals surface area contributed by atoms with Crippen LogP contribution in [0.4, 0.5) is 0 Å². The maximum absolute atomic E-state index is 11.8. The maximum Gasteiger partial charge on any atom is 0.350 e. The molecule has 0 heterocycles. The second-order valence-corrected chi connectivity index (χ2v) is 5.68. The molecule has 0 atom stereocenters. The van der Waals surface area contributed by atoms with E-state index in [0.717, 1.165) is 18.4 Å². The zero-order valence-electron chi connectivity index (χ0n) is 11.0. The first-order valence-electron chi connectivity index (χ1n) is 5.99. The summed E-state index contributed by atoms with van der Waals surface area (Å²) >= 11 is 0. The molecule has 0 aliphatic heterocycles. The van der Waals surface area contributed by atoms with Gasteiger partial charge in [-0.15, -0.1) is 0 Å². The van der Waals surface area contributed by atoms with Crippen molar-refractivity contribution in [2.45, 2.75) is 31.6 Å². The van der Waals surface area contributed by atoms with Crippen LogP contribution in [-0.4, -0.2) is 27.2 Å². The predicted molar refractivity (Wildman–Crippen MR) is 72.7 cm³/mol. The van der Waals surface area contributed by atoms with Crippen molar-refractivity contribution in [3.8, 4) is 0 Å². The molecule has 0 saturated heterocycles. The van der Waals surface area contributed by atoms with E-state index in [1.54, 1.807) is 12.1 Å². The SMILES string of the molecule is CCCCOC(=O)C=NS(=O)(=O)c1ccc(C)cc1. The van der Waals surface area contributed by atoms with Crippen molar-refractivity contribution in [3.05, 3.63) is 29.8 Å². The van der Waals surface area contributed by atoms with Crippen LogP contribution in [0, 0.1) is 6.92 Å². The van der Waals surface area contributed by atoms with E-state index >= 15 is 0 Å². The third kappa shape index (κ3) is 5.21. The monoisotopic (exact) mass is 283 g/mol. The average Bonchev–Trinajstić information content (AvgIpc) is 2.37. The Morgan fingerprint density at radius 3 is 2.53 bits per heavy atom. The van der Waals surface area contributed by atoms with Crippen molar-refractivity contribution in [2.75, 3.05) is 6.61 Å². The molecule has 0 aliphatic carbocycles. The first-order chi connectivity index (χ1) is 8.95. The van der Waals surface area contributed by atoms with E-state index < -0.39 is 16.0 Å². The largest absolute Gasteiger partial charge is 0.461 e. The lowest BCUT2D eigenvalue weighted by molar-refractivity contribution is -0.135. The molecular weight excluding hydrogens is 266 g/mol. The third-order valence-corrected chi connectivity index (χ3v) is 3.61. The van der Waals surface area contributed by atoms with Crippen molar-refractivity contribution in [1.82, 2.24) is 0 Å². The smallest absolute Gasteiger partial charge is 0.350 e. The molecule has 0 unspecified atom stereocenters. The summed E-state index contributed by atoms with van der Waals surface area (Å²) in [7, 11) is -3.83. The molecule has 0 fully saturated rings. The van der Waals surface area contributed by atoms with Crippen LogP contribution in [0.1, 0.15) is 25.3 Å². The third-order valence-electron chi connectivity index (χ3n) is 2.36. The summed E-state index contributed by atoms with van der Waals surface area (Å²) in [6.45, 7) is 4.08. The first-order valence-corrected chi connectivity index (χ1v) is 7.43. The Kier molecular flexibility index (Phi) is 5.69. The summed E-state index contributed by atoms with van der Waals surface area (Å²) in [5, 5.41) is 0. The van der Waals surface area contributed by atoms with Crippen molar-refractivity contribution >= 4 is 22.2 Å². The van der Waals surface area contributed by atoms with E-state index in [4.69, 9.17) is 4.74 Å². The highest BCUT2D eigenvalue weighted by atomic mass is 32.2. The molecule has 6 heteroatoms. The average molecular weight is 283 g/mol. The normalized spacial score (nSPS) is 11.7. The highest BCUT2D eigenvalue weighted by molar-refractivity contribution is 7.90. The van der Waals surface area contributed by atoms with E-state index in [9.17, 15) is 13.2 Å². The van der Waals surface area contributed by atoms with Crippen LogP contribution < -0.4 is 0 Å². The number of nitrogens with zero attached hydrogens (tertiary/aromatic N) is 1. The number of esters is 1. The number of benzene rings is 1. The molecule has 0 bridgehead atoms. The lowest BCUT2D eigenvalue weighted by Crippen LogP contribution is -2.08. The van der Waals surface area contributed by atoms with E-state index in [1.807, 2.05) is 13.8 Å². The Labute approximate surface area is 113 Å². The summed E-state index contributed by atoms with van der Waals surface area (Å²) in [4.78, 5) is 11.3. The van der Waals surface area contributed by atoms with Gasteiger partial charge in [0.25, 0.3) is 10.0 Å². The molecule has 19 heavy (non-hydrogen) atoms. The van der Waals surface area contributed by atoms with E-state index in [0.29, 0.717) is 6.21 Å². The highest BCUT2D eigenvalue weighted by Gasteiger charge is 2.12. The van der Waals surface area contributed by atoms with Crippen molar-refractivity contribution in [3.63, 3.8) is 0 Å². The number of hydrogen-bond donors (Lipinski definition) is 0. The van der Waals surface area contributed by atoms with Gasteiger partial charge < -0.3 is 4.74 Å². The Bertz CT molecular complexity index is 547. The standard InChI is InChI=1S/C13H17NO4S/c1-3-4-9-18-13(15)10-14-19(16,17)12-7-5-11(2)6-8-12/h5-8,10H,3-4,9H2,1-2H3. The number of aryl methyl sites for hydroxylation is 1. The van der Waals surface area contributed by atoms with Crippen LogP contribution in [0.15, 0.2) is 33.6 Å². The van der Waals surface area contributed by atoms with Crippen molar-refractivity contribution < 1.29 is 17.9 Å². The minimum absolute atomic E-state index is 0.0516. The summed E-state index contributed by atoms with van der Waals surface area (Å²) in [6, 6.07) is 6.23. The molecule has 104 valence electrons. The Morgan fingerprint density at radius 1 is 1.32 bits per heavy atom. The number of ether oxygens (including phenoxy) is 1. The zero-order chi connectivity index (χ0) is 14.3. The van der Waals surface area contributed by atoms with Crippen LogP contribution in [0.2, 0.25) is 0 Å². The van der Waals surface area contributed by atoms with Crippen LogP contribution in [0.3, 0.4) is 0 Å². The van der Waals surface area contributed by atoms with Crippen LogP contribution in [0.25, 0.3) is 0 Å². The quantitative estimate of drug-likeness (QED) is 0.455. The molecule has 0 amide bonds. The van der Waals surface area contributed by atoms with Crippen LogP contribution in [-0.2, 0) is 19.6 Å². The molecule has 0 spiro atoms. The number of sulfonamides is 1. The number of hydrogen-bond acceptors (Lipinski definition) is 4.